The Labute approximate surface area is 156 Å². The van der Waals surface area contributed by atoms with Crippen LogP contribution in [0.3, 0.4) is 0 Å². The number of carbonyl (C=O) groups is 1. The first-order valence-electron chi connectivity index (χ1n) is 9.59. The third-order valence-corrected chi connectivity index (χ3v) is 7.61. The van der Waals surface area contributed by atoms with Crippen molar-refractivity contribution in [3.63, 3.8) is 0 Å². The summed E-state index contributed by atoms with van der Waals surface area (Å²) in [5.41, 5.74) is 0. The first-order valence-corrected chi connectivity index (χ1v) is 11.0. The van der Waals surface area contributed by atoms with E-state index in [1.807, 2.05) is 11.0 Å². The van der Waals surface area contributed by atoms with Gasteiger partial charge in [-0.2, -0.15) is 4.31 Å². The van der Waals surface area contributed by atoms with E-state index in [-0.39, 0.29) is 5.91 Å². The molecule has 1 aromatic rings. The van der Waals surface area contributed by atoms with Crippen LogP contribution >= 0.6 is 0 Å². The van der Waals surface area contributed by atoms with Crippen molar-refractivity contribution in [2.75, 3.05) is 32.7 Å². The fourth-order valence-electron chi connectivity index (χ4n) is 4.18. The van der Waals surface area contributed by atoms with Crippen LogP contribution in [0.5, 0.6) is 0 Å². The van der Waals surface area contributed by atoms with Crippen molar-refractivity contribution in [3.05, 3.63) is 30.3 Å². The molecule has 1 aromatic carbocycles. The second-order valence-corrected chi connectivity index (χ2v) is 9.51. The van der Waals surface area contributed by atoms with Gasteiger partial charge < -0.3 is 9.80 Å². The van der Waals surface area contributed by atoms with E-state index in [2.05, 4.69) is 13.8 Å². The van der Waals surface area contributed by atoms with Gasteiger partial charge in [-0.25, -0.2) is 8.42 Å². The zero-order chi connectivity index (χ0) is 18.7. The van der Waals surface area contributed by atoms with Crippen molar-refractivity contribution in [1.29, 1.82) is 0 Å². The second kappa shape index (κ2) is 8.06. The average Bonchev–Trinajstić information content (AvgIpc) is 2.63. The molecule has 1 N–H and O–H groups in total. The quantitative estimate of drug-likeness (QED) is 0.821. The van der Waals surface area contributed by atoms with E-state index in [1.54, 1.807) is 28.6 Å². The molecule has 0 saturated carbocycles. The highest BCUT2D eigenvalue weighted by Crippen LogP contribution is 2.22. The molecule has 2 saturated heterocycles. The number of quaternary nitrogens is 1. The Morgan fingerprint density at radius 2 is 1.65 bits per heavy atom. The van der Waals surface area contributed by atoms with E-state index >= 15 is 0 Å². The number of carbonyl (C=O) groups excluding carboxylic acids is 1. The molecule has 1 amide bonds. The summed E-state index contributed by atoms with van der Waals surface area (Å²) < 4.78 is 26.9. The van der Waals surface area contributed by atoms with Crippen molar-refractivity contribution >= 4 is 15.9 Å². The van der Waals surface area contributed by atoms with Crippen LogP contribution in [-0.4, -0.2) is 68.3 Å². The number of sulfonamides is 1. The van der Waals surface area contributed by atoms with Crippen LogP contribution in [0.15, 0.2) is 35.2 Å². The topological polar surface area (TPSA) is 62.1 Å². The Balaban J connectivity index is 1.56. The molecule has 144 valence electrons. The summed E-state index contributed by atoms with van der Waals surface area (Å²) in [5.74, 6) is 0.207. The molecule has 2 heterocycles. The van der Waals surface area contributed by atoms with Gasteiger partial charge in [0.15, 0.2) is 6.54 Å². The molecule has 26 heavy (non-hydrogen) atoms. The maximum absolute atomic E-state index is 12.8. The van der Waals surface area contributed by atoms with E-state index in [0.717, 1.165) is 12.8 Å². The Hall–Kier alpha value is -1.44. The SMILES string of the molecule is C[C@H]1CCC[C@H](C)N1C(=O)C[NH+]1CCN(S(=O)(=O)c2ccccc2)CC1. The van der Waals surface area contributed by atoms with Crippen LogP contribution in [0.1, 0.15) is 33.1 Å². The zero-order valence-corrected chi connectivity index (χ0v) is 16.5. The maximum Gasteiger partial charge on any atom is 0.278 e. The van der Waals surface area contributed by atoms with Gasteiger partial charge in [0, 0.05) is 12.1 Å². The predicted octanol–water partition coefficient (Wildman–Crippen LogP) is 0.365. The van der Waals surface area contributed by atoms with E-state index in [9.17, 15) is 13.2 Å². The van der Waals surface area contributed by atoms with E-state index in [0.29, 0.717) is 49.7 Å². The number of hydrogen-bond acceptors (Lipinski definition) is 3. The minimum Gasteiger partial charge on any atom is -0.332 e. The number of hydrogen-bond donors (Lipinski definition) is 1. The molecule has 2 fully saturated rings. The maximum atomic E-state index is 12.8. The van der Waals surface area contributed by atoms with Gasteiger partial charge in [-0.15, -0.1) is 0 Å². The standard InChI is InChI=1S/C19H29N3O3S/c1-16-7-6-8-17(2)22(16)19(23)15-20-11-13-21(14-12-20)26(24,25)18-9-4-3-5-10-18/h3-5,9-10,16-17H,6-8,11-15H2,1-2H3/p+1/t16-,17-/m0/s1. The lowest BCUT2D eigenvalue weighted by atomic mass is 9.97. The van der Waals surface area contributed by atoms with Gasteiger partial charge in [-0.3, -0.25) is 4.79 Å². The van der Waals surface area contributed by atoms with Crippen molar-refractivity contribution < 1.29 is 18.1 Å². The van der Waals surface area contributed by atoms with Gasteiger partial charge in [0.2, 0.25) is 10.0 Å². The van der Waals surface area contributed by atoms with Crippen LogP contribution in [0.4, 0.5) is 0 Å². The van der Waals surface area contributed by atoms with Crippen LogP contribution in [0.25, 0.3) is 0 Å². The first-order chi connectivity index (χ1) is 12.4. The molecule has 3 rings (SSSR count). The van der Waals surface area contributed by atoms with Crippen LogP contribution < -0.4 is 4.90 Å². The number of nitrogens with one attached hydrogen (secondary N) is 1. The van der Waals surface area contributed by atoms with E-state index in [4.69, 9.17) is 0 Å². The highest BCUT2D eigenvalue weighted by atomic mass is 32.2. The summed E-state index contributed by atoms with van der Waals surface area (Å²) in [6.45, 7) is 7.01. The van der Waals surface area contributed by atoms with Gasteiger partial charge in [0.1, 0.15) is 0 Å². The smallest absolute Gasteiger partial charge is 0.278 e. The lowest BCUT2D eigenvalue weighted by molar-refractivity contribution is -0.896. The first kappa shape index (κ1) is 19.3. The predicted molar refractivity (Wildman–Crippen MR) is 100 cm³/mol. The van der Waals surface area contributed by atoms with Crippen LogP contribution in [0, 0.1) is 0 Å². The lowest BCUT2D eigenvalue weighted by Gasteiger charge is -2.40. The van der Waals surface area contributed by atoms with Gasteiger partial charge in [-0.05, 0) is 45.2 Å². The minimum absolute atomic E-state index is 0.207. The molecule has 0 unspecified atom stereocenters. The molecule has 0 aliphatic carbocycles. The number of piperidine rings is 1. The summed E-state index contributed by atoms with van der Waals surface area (Å²) in [4.78, 5) is 16.3. The third-order valence-electron chi connectivity index (χ3n) is 5.69. The summed E-state index contributed by atoms with van der Waals surface area (Å²) in [6.07, 6.45) is 3.35. The monoisotopic (exact) mass is 380 g/mol. The summed E-state index contributed by atoms with van der Waals surface area (Å²) in [6, 6.07) is 9.20. The highest BCUT2D eigenvalue weighted by Gasteiger charge is 2.34. The molecule has 0 radical (unpaired) electrons. The van der Waals surface area contributed by atoms with E-state index < -0.39 is 10.0 Å². The van der Waals surface area contributed by atoms with Gasteiger partial charge >= 0.3 is 0 Å². The third kappa shape index (κ3) is 4.10. The fourth-order valence-corrected chi connectivity index (χ4v) is 5.64. The Kier molecular flexibility index (Phi) is 5.99. The molecule has 6 nitrogen and oxygen atoms in total. The van der Waals surface area contributed by atoms with Crippen LogP contribution in [0.2, 0.25) is 0 Å². The van der Waals surface area contributed by atoms with E-state index in [1.165, 1.54) is 11.3 Å². The van der Waals surface area contributed by atoms with Crippen molar-refractivity contribution in [2.45, 2.75) is 50.1 Å². The average molecular weight is 381 g/mol. The Bertz CT molecular complexity index is 705. The summed E-state index contributed by atoms with van der Waals surface area (Å²) in [7, 11) is -3.43. The number of nitrogens with zero attached hydrogens (tertiary/aromatic N) is 2. The molecule has 2 atom stereocenters. The fraction of sp³-hybridized carbons (Fsp3) is 0.632. The Morgan fingerprint density at radius 3 is 2.23 bits per heavy atom. The molecule has 2 aliphatic heterocycles. The summed E-state index contributed by atoms with van der Waals surface area (Å²) in [5, 5.41) is 0. The Morgan fingerprint density at radius 1 is 1.08 bits per heavy atom. The van der Waals surface area contributed by atoms with Crippen molar-refractivity contribution in [1.82, 2.24) is 9.21 Å². The number of amides is 1. The lowest BCUT2D eigenvalue weighted by Crippen LogP contribution is -3.15. The molecule has 2 aliphatic rings. The van der Waals surface area contributed by atoms with Gasteiger partial charge in [0.25, 0.3) is 5.91 Å². The highest BCUT2D eigenvalue weighted by molar-refractivity contribution is 7.89. The van der Waals surface area contributed by atoms with Gasteiger partial charge in [0.05, 0.1) is 31.1 Å². The largest absolute Gasteiger partial charge is 0.332 e. The number of rotatable bonds is 4. The molecular weight excluding hydrogens is 350 g/mol. The molecule has 0 spiro atoms. The normalized spacial score (nSPS) is 26.0. The van der Waals surface area contributed by atoms with Crippen molar-refractivity contribution in [2.24, 2.45) is 0 Å². The zero-order valence-electron chi connectivity index (χ0n) is 15.7. The van der Waals surface area contributed by atoms with Gasteiger partial charge in [-0.1, -0.05) is 18.2 Å². The van der Waals surface area contributed by atoms with Crippen LogP contribution in [-0.2, 0) is 14.8 Å². The molecular formula is C19H30N3O3S+. The number of likely N-dealkylation sites (tertiary alicyclic amines) is 1. The second-order valence-electron chi connectivity index (χ2n) is 7.57. The molecule has 7 heteroatoms. The molecule has 0 aromatic heterocycles. The summed E-state index contributed by atoms with van der Waals surface area (Å²) >= 11 is 0. The number of piperazine rings is 1. The molecule has 0 bridgehead atoms. The minimum atomic E-state index is -3.43. The van der Waals surface area contributed by atoms with Crippen molar-refractivity contribution in [3.8, 4) is 0 Å². The number of benzene rings is 1.